The molecule has 2 aliphatic rings. The molecule has 7 heteroatoms. The molecule has 2 aromatic rings. The van der Waals surface area contributed by atoms with Crippen LogP contribution >= 0.6 is 0 Å². The maximum Gasteiger partial charge on any atom is 0.249 e. The van der Waals surface area contributed by atoms with Crippen LogP contribution in [0.4, 0.5) is 0 Å². The lowest BCUT2D eigenvalue weighted by molar-refractivity contribution is 0.0988. The Morgan fingerprint density at radius 1 is 0.795 bits per heavy atom. The van der Waals surface area contributed by atoms with Crippen LogP contribution in [-0.4, -0.2) is 74.3 Å². The molecule has 2 heterocycles. The Bertz CT molecular complexity index is 1020. The molecule has 39 heavy (non-hydrogen) atoms. The fourth-order valence-corrected chi connectivity index (χ4v) is 5.75. The summed E-state index contributed by atoms with van der Waals surface area (Å²) in [6, 6.07) is 12.4. The fraction of sp³-hybridized carbons (Fsp3) is 0.594. The molecule has 0 aromatic heterocycles. The van der Waals surface area contributed by atoms with Gasteiger partial charge >= 0.3 is 0 Å². The molecule has 0 aliphatic carbocycles. The molecule has 4 rings (SSSR count). The Kier molecular flexibility index (Phi) is 12.4. The van der Waals surface area contributed by atoms with Crippen molar-refractivity contribution in [1.29, 1.82) is 0 Å². The lowest BCUT2D eigenvalue weighted by atomic mass is 9.95. The summed E-state index contributed by atoms with van der Waals surface area (Å²) in [7, 11) is 1.73. The normalized spacial score (nSPS) is 17.8. The molecule has 7 nitrogen and oxygen atoms in total. The van der Waals surface area contributed by atoms with Crippen LogP contribution in [0.5, 0.6) is 17.2 Å². The molecule has 1 amide bonds. The van der Waals surface area contributed by atoms with Gasteiger partial charge in [0.05, 0.1) is 7.11 Å². The Hall–Kier alpha value is -2.77. The van der Waals surface area contributed by atoms with Crippen LogP contribution < -0.4 is 19.9 Å². The van der Waals surface area contributed by atoms with Crippen LogP contribution in [0, 0.1) is 0 Å². The zero-order valence-electron chi connectivity index (χ0n) is 24.7. The first-order valence-corrected chi connectivity index (χ1v) is 14.8. The van der Waals surface area contributed by atoms with Crippen molar-refractivity contribution in [2.75, 3.05) is 46.5 Å². The predicted octanol–water partition coefficient (Wildman–Crippen LogP) is 5.33. The van der Waals surface area contributed by atoms with E-state index in [4.69, 9.17) is 19.9 Å². The van der Waals surface area contributed by atoms with E-state index in [-0.39, 0.29) is 5.91 Å². The number of benzene rings is 2. The van der Waals surface area contributed by atoms with Crippen molar-refractivity contribution in [3.63, 3.8) is 0 Å². The number of hydrogen-bond acceptors (Lipinski definition) is 6. The van der Waals surface area contributed by atoms with Crippen LogP contribution in [-0.2, 0) is 12.8 Å². The van der Waals surface area contributed by atoms with E-state index in [0.29, 0.717) is 24.3 Å². The molecule has 2 atom stereocenters. The highest BCUT2D eigenvalue weighted by Gasteiger charge is 2.28. The molecule has 2 N–H and O–H groups in total. The van der Waals surface area contributed by atoms with E-state index >= 15 is 0 Å². The van der Waals surface area contributed by atoms with Crippen molar-refractivity contribution in [3.8, 4) is 17.2 Å². The average Bonchev–Trinajstić information content (AvgIpc) is 2.96. The van der Waals surface area contributed by atoms with E-state index in [1.807, 2.05) is 30.3 Å². The molecule has 0 saturated carbocycles. The van der Waals surface area contributed by atoms with E-state index in [2.05, 4.69) is 37.5 Å². The van der Waals surface area contributed by atoms with E-state index in [0.717, 1.165) is 81.3 Å². The van der Waals surface area contributed by atoms with Gasteiger partial charge in [-0.15, -0.1) is 0 Å². The molecule has 2 aromatic carbocycles. The first-order chi connectivity index (χ1) is 19.0. The van der Waals surface area contributed by atoms with Crippen LogP contribution in [0.2, 0.25) is 0 Å². The third kappa shape index (κ3) is 8.12. The summed E-state index contributed by atoms with van der Waals surface area (Å²) in [6.07, 6.45) is 6.50. The van der Waals surface area contributed by atoms with Gasteiger partial charge in [0.25, 0.3) is 0 Å². The highest BCUT2D eigenvalue weighted by Crippen LogP contribution is 2.34. The lowest BCUT2D eigenvalue weighted by Crippen LogP contribution is -2.44. The van der Waals surface area contributed by atoms with Gasteiger partial charge in [-0.25, -0.2) is 0 Å². The van der Waals surface area contributed by atoms with Crippen LogP contribution in [0.25, 0.3) is 0 Å². The Labute approximate surface area is 235 Å². The molecule has 2 unspecified atom stereocenters. The third-order valence-electron chi connectivity index (χ3n) is 7.53. The van der Waals surface area contributed by atoms with Crippen LogP contribution in [0.15, 0.2) is 36.4 Å². The molecular weight excluding hydrogens is 490 g/mol. The number of primary amides is 1. The number of amides is 1. The number of methoxy groups -OCH3 is 1. The highest BCUT2D eigenvalue weighted by molar-refractivity contribution is 5.95. The summed E-state index contributed by atoms with van der Waals surface area (Å²) >= 11 is 0. The second-order valence-electron chi connectivity index (χ2n) is 10.5. The van der Waals surface area contributed by atoms with E-state index in [1.54, 1.807) is 13.2 Å². The van der Waals surface area contributed by atoms with Crippen molar-refractivity contribution in [2.45, 2.75) is 78.3 Å². The minimum Gasteiger partial charge on any atom is -0.496 e. The molecule has 2 aliphatic heterocycles. The Balaban J connectivity index is 0.000000216. The van der Waals surface area contributed by atoms with Crippen molar-refractivity contribution in [1.82, 2.24) is 9.80 Å². The summed E-state index contributed by atoms with van der Waals surface area (Å²) < 4.78 is 17.2. The van der Waals surface area contributed by atoms with Gasteiger partial charge < -0.3 is 19.9 Å². The quantitative estimate of drug-likeness (QED) is 0.393. The van der Waals surface area contributed by atoms with Crippen LogP contribution in [0.3, 0.4) is 0 Å². The second-order valence-corrected chi connectivity index (χ2v) is 10.5. The Morgan fingerprint density at radius 2 is 1.26 bits per heavy atom. The monoisotopic (exact) mass is 539 g/mol. The maximum atomic E-state index is 11.6. The topological polar surface area (TPSA) is 77.3 Å². The SMILES string of the molecule is CCCN(CCC)C1COc2cccc(C(N)=O)c2C1.CCCN(CCC)C1COc2cccc(OC)c2C1. The number of carbonyl (C=O) groups is 1. The lowest BCUT2D eigenvalue weighted by Gasteiger charge is -2.35. The van der Waals surface area contributed by atoms with Gasteiger partial charge in [0, 0.05) is 28.8 Å². The van der Waals surface area contributed by atoms with Gasteiger partial charge in [-0.1, -0.05) is 39.8 Å². The zero-order valence-corrected chi connectivity index (χ0v) is 24.7. The maximum absolute atomic E-state index is 11.6. The summed E-state index contributed by atoms with van der Waals surface area (Å²) in [5.41, 5.74) is 8.25. The number of fused-ring (bicyclic) bond motifs is 2. The zero-order chi connectivity index (χ0) is 28.2. The second kappa shape index (κ2) is 15.7. The molecule has 0 radical (unpaired) electrons. The number of carbonyl (C=O) groups excluding carboxylic acids is 1. The average molecular weight is 540 g/mol. The summed E-state index contributed by atoms with van der Waals surface area (Å²) in [5, 5.41) is 0. The number of nitrogens with zero attached hydrogens (tertiary/aromatic N) is 2. The largest absolute Gasteiger partial charge is 0.496 e. The van der Waals surface area contributed by atoms with Gasteiger partial charge in [-0.2, -0.15) is 0 Å². The number of ether oxygens (including phenoxy) is 3. The standard InChI is InChI=1S/C16H24N2O2.C16H25NO2/c1-3-8-18(9-4-2)12-10-14-13(16(17)19)6-5-7-15(14)20-11-12;1-4-9-17(10-5-2)13-11-14-15(18-3)7-6-8-16(14)19-12-13/h5-7,12H,3-4,8-11H2,1-2H3,(H2,17,19);6-8,13H,4-5,9-12H2,1-3H3. The summed E-state index contributed by atoms with van der Waals surface area (Å²) in [5.74, 6) is 2.38. The molecular formula is C32H49N3O4. The van der Waals surface area contributed by atoms with Gasteiger partial charge in [0.15, 0.2) is 0 Å². The summed E-state index contributed by atoms with van der Waals surface area (Å²) in [6.45, 7) is 14.8. The van der Waals surface area contributed by atoms with Gasteiger partial charge in [0.1, 0.15) is 30.5 Å². The van der Waals surface area contributed by atoms with E-state index < -0.39 is 0 Å². The van der Waals surface area contributed by atoms with Gasteiger partial charge in [-0.05, 0) is 89.0 Å². The molecule has 0 bridgehead atoms. The first-order valence-electron chi connectivity index (χ1n) is 14.8. The molecule has 0 fully saturated rings. The minimum absolute atomic E-state index is 0.336. The van der Waals surface area contributed by atoms with Crippen LogP contribution in [0.1, 0.15) is 74.9 Å². The number of nitrogens with two attached hydrogens (primary N) is 1. The minimum atomic E-state index is -0.372. The first kappa shape index (κ1) is 30.8. The van der Waals surface area contributed by atoms with Gasteiger partial charge in [-0.3, -0.25) is 14.6 Å². The van der Waals surface area contributed by atoms with Crippen molar-refractivity contribution in [2.24, 2.45) is 5.73 Å². The number of hydrogen-bond donors (Lipinski definition) is 1. The molecule has 0 saturated heterocycles. The number of rotatable bonds is 12. The third-order valence-corrected chi connectivity index (χ3v) is 7.53. The van der Waals surface area contributed by atoms with Gasteiger partial charge in [0.2, 0.25) is 5.91 Å². The highest BCUT2D eigenvalue weighted by atomic mass is 16.5. The summed E-state index contributed by atoms with van der Waals surface area (Å²) in [4.78, 5) is 16.6. The Morgan fingerprint density at radius 3 is 1.72 bits per heavy atom. The van der Waals surface area contributed by atoms with Crippen molar-refractivity contribution < 1.29 is 19.0 Å². The van der Waals surface area contributed by atoms with Crippen molar-refractivity contribution in [3.05, 3.63) is 53.1 Å². The van der Waals surface area contributed by atoms with E-state index in [9.17, 15) is 4.79 Å². The molecule has 0 spiro atoms. The van der Waals surface area contributed by atoms with E-state index in [1.165, 1.54) is 18.4 Å². The fourth-order valence-electron chi connectivity index (χ4n) is 5.75. The smallest absolute Gasteiger partial charge is 0.249 e. The predicted molar refractivity (Wildman–Crippen MR) is 158 cm³/mol. The molecule has 216 valence electrons. The van der Waals surface area contributed by atoms with Crippen molar-refractivity contribution >= 4 is 5.91 Å².